The second kappa shape index (κ2) is 10.7. The number of thioether (sulfide) groups is 1. The van der Waals surface area contributed by atoms with Crippen molar-refractivity contribution in [3.63, 3.8) is 0 Å². The van der Waals surface area contributed by atoms with Crippen molar-refractivity contribution in [2.24, 2.45) is 0 Å². The van der Waals surface area contributed by atoms with Crippen molar-refractivity contribution in [3.8, 4) is 22.8 Å². The molecule has 0 spiro atoms. The van der Waals surface area contributed by atoms with Gasteiger partial charge in [-0.2, -0.15) is 0 Å². The van der Waals surface area contributed by atoms with Gasteiger partial charge in [0, 0.05) is 30.2 Å². The molecule has 0 fully saturated rings. The predicted octanol–water partition coefficient (Wildman–Crippen LogP) is 4.28. The van der Waals surface area contributed by atoms with Gasteiger partial charge in [-0.3, -0.25) is 14.3 Å². The molecule has 9 heteroatoms. The minimum atomic E-state index is -0.306. The molecule has 1 N–H and O–H groups in total. The summed E-state index contributed by atoms with van der Waals surface area (Å²) in [5.74, 6) is 1.12. The number of benzene rings is 2. The standard InChI is InChI=1S/C24H22FN5O2S/c1-2-32-21-9-7-20(8-10-21)30-23(18-11-13-26-14-12-18)28-29-24(30)33-16-22(31)27-15-17-3-5-19(25)6-4-17/h3-14H,2,15-16H2,1H3,(H,27,31). The number of aromatic nitrogens is 4. The van der Waals surface area contributed by atoms with Gasteiger partial charge < -0.3 is 10.1 Å². The van der Waals surface area contributed by atoms with Crippen LogP contribution < -0.4 is 10.1 Å². The topological polar surface area (TPSA) is 81.9 Å². The zero-order valence-electron chi connectivity index (χ0n) is 17.9. The summed E-state index contributed by atoms with van der Waals surface area (Å²) in [5, 5.41) is 12.1. The molecule has 2 aromatic carbocycles. The van der Waals surface area contributed by atoms with Gasteiger partial charge in [-0.25, -0.2) is 4.39 Å². The van der Waals surface area contributed by atoms with E-state index in [2.05, 4.69) is 20.5 Å². The monoisotopic (exact) mass is 463 g/mol. The van der Waals surface area contributed by atoms with Crippen LogP contribution in [0.15, 0.2) is 78.2 Å². The zero-order chi connectivity index (χ0) is 23.0. The van der Waals surface area contributed by atoms with Crippen LogP contribution in [0.1, 0.15) is 12.5 Å². The molecule has 0 unspecified atom stereocenters. The fourth-order valence-corrected chi connectivity index (χ4v) is 3.91. The van der Waals surface area contributed by atoms with Gasteiger partial charge in [-0.15, -0.1) is 10.2 Å². The molecule has 2 heterocycles. The number of hydrogen-bond donors (Lipinski definition) is 1. The highest BCUT2D eigenvalue weighted by molar-refractivity contribution is 7.99. The first-order valence-electron chi connectivity index (χ1n) is 10.4. The molecular weight excluding hydrogens is 441 g/mol. The number of hydrogen-bond acceptors (Lipinski definition) is 6. The van der Waals surface area contributed by atoms with Crippen LogP contribution in [0, 0.1) is 5.82 Å². The lowest BCUT2D eigenvalue weighted by Crippen LogP contribution is -2.24. The molecule has 4 rings (SSSR count). The Labute approximate surface area is 195 Å². The van der Waals surface area contributed by atoms with Crippen molar-refractivity contribution < 1.29 is 13.9 Å². The number of ether oxygens (including phenoxy) is 1. The van der Waals surface area contributed by atoms with E-state index in [9.17, 15) is 9.18 Å². The molecule has 0 radical (unpaired) electrons. The molecule has 0 bridgehead atoms. The lowest BCUT2D eigenvalue weighted by atomic mass is 10.2. The van der Waals surface area contributed by atoms with Crippen LogP contribution >= 0.6 is 11.8 Å². The minimum Gasteiger partial charge on any atom is -0.494 e. The summed E-state index contributed by atoms with van der Waals surface area (Å²) >= 11 is 1.29. The van der Waals surface area contributed by atoms with Crippen molar-refractivity contribution >= 4 is 17.7 Å². The van der Waals surface area contributed by atoms with E-state index in [1.54, 1.807) is 24.5 Å². The van der Waals surface area contributed by atoms with E-state index >= 15 is 0 Å². The second-order valence-corrected chi connectivity index (χ2v) is 7.94. The van der Waals surface area contributed by atoms with E-state index in [1.165, 1.54) is 23.9 Å². The van der Waals surface area contributed by atoms with Crippen molar-refractivity contribution in [2.45, 2.75) is 18.6 Å². The van der Waals surface area contributed by atoms with Crippen LogP contribution in [-0.4, -0.2) is 38.0 Å². The molecule has 168 valence electrons. The molecule has 0 atom stereocenters. The van der Waals surface area contributed by atoms with Gasteiger partial charge >= 0.3 is 0 Å². The van der Waals surface area contributed by atoms with E-state index in [0.717, 1.165) is 22.6 Å². The van der Waals surface area contributed by atoms with Crippen molar-refractivity contribution in [1.29, 1.82) is 0 Å². The Bertz CT molecular complexity index is 1200. The first-order valence-corrected chi connectivity index (χ1v) is 11.4. The molecule has 0 saturated heterocycles. The third-order valence-electron chi connectivity index (χ3n) is 4.71. The van der Waals surface area contributed by atoms with Crippen LogP contribution in [0.5, 0.6) is 5.75 Å². The number of carbonyl (C=O) groups excluding carboxylic acids is 1. The van der Waals surface area contributed by atoms with Crippen molar-refractivity contribution in [2.75, 3.05) is 12.4 Å². The number of rotatable bonds is 9. The lowest BCUT2D eigenvalue weighted by molar-refractivity contribution is -0.118. The Hall–Kier alpha value is -3.72. The first-order chi connectivity index (χ1) is 16.1. The quantitative estimate of drug-likeness (QED) is 0.373. The number of pyridine rings is 1. The molecule has 33 heavy (non-hydrogen) atoms. The summed E-state index contributed by atoms with van der Waals surface area (Å²) in [6.07, 6.45) is 3.39. The second-order valence-electron chi connectivity index (χ2n) is 7.00. The molecule has 0 aliphatic rings. The van der Waals surface area contributed by atoms with Gasteiger partial charge in [0.25, 0.3) is 0 Å². The molecule has 7 nitrogen and oxygen atoms in total. The van der Waals surface area contributed by atoms with E-state index in [4.69, 9.17) is 4.74 Å². The Balaban J connectivity index is 1.51. The summed E-state index contributed by atoms with van der Waals surface area (Å²) in [6.45, 7) is 2.85. The molecule has 0 aliphatic heterocycles. The van der Waals surface area contributed by atoms with Gasteiger partial charge in [-0.1, -0.05) is 23.9 Å². The largest absolute Gasteiger partial charge is 0.494 e. The normalized spacial score (nSPS) is 10.7. The zero-order valence-corrected chi connectivity index (χ0v) is 18.8. The molecule has 0 saturated carbocycles. The smallest absolute Gasteiger partial charge is 0.230 e. The number of amides is 1. The molecule has 4 aromatic rings. The number of nitrogens with one attached hydrogen (secondary N) is 1. The van der Waals surface area contributed by atoms with Crippen LogP contribution in [0.4, 0.5) is 4.39 Å². The van der Waals surface area contributed by atoms with Crippen LogP contribution in [0.25, 0.3) is 17.1 Å². The molecule has 1 amide bonds. The van der Waals surface area contributed by atoms with Crippen LogP contribution in [-0.2, 0) is 11.3 Å². The van der Waals surface area contributed by atoms with Gasteiger partial charge in [0.15, 0.2) is 11.0 Å². The SMILES string of the molecule is CCOc1ccc(-n2c(SCC(=O)NCc3ccc(F)cc3)nnc2-c2ccncc2)cc1. The maximum atomic E-state index is 13.0. The number of nitrogens with zero attached hydrogens (tertiary/aromatic N) is 4. The Morgan fingerprint density at radius 3 is 2.45 bits per heavy atom. The van der Waals surface area contributed by atoms with E-state index in [1.807, 2.05) is 47.9 Å². The highest BCUT2D eigenvalue weighted by Gasteiger charge is 2.17. The van der Waals surface area contributed by atoms with Gasteiger partial charge in [-0.05, 0) is 61.0 Å². The molecule has 0 aliphatic carbocycles. The Kier molecular flexibility index (Phi) is 7.31. The fourth-order valence-electron chi connectivity index (χ4n) is 3.13. The summed E-state index contributed by atoms with van der Waals surface area (Å²) in [6, 6.07) is 17.4. The summed E-state index contributed by atoms with van der Waals surface area (Å²) in [7, 11) is 0. The molecule has 2 aromatic heterocycles. The molecular formula is C24H22FN5O2S. The highest BCUT2D eigenvalue weighted by Crippen LogP contribution is 2.28. The van der Waals surface area contributed by atoms with Crippen molar-refractivity contribution in [3.05, 3.63) is 84.4 Å². The van der Waals surface area contributed by atoms with Crippen LogP contribution in [0.3, 0.4) is 0 Å². The van der Waals surface area contributed by atoms with Gasteiger partial charge in [0.05, 0.1) is 12.4 Å². The number of carbonyl (C=O) groups is 1. The Morgan fingerprint density at radius 2 is 1.76 bits per heavy atom. The lowest BCUT2D eigenvalue weighted by Gasteiger charge is -2.11. The van der Waals surface area contributed by atoms with E-state index < -0.39 is 0 Å². The summed E-state index contributed by atoms with van der Waals surface area (Å²) in [4.78, 5) is 16.5. The average molecular weight is 464 g/mol. The third-order valence-corrected chi connectivity index (χ3v) is 5.64. The maximum Gasteiger partial charge on any atom is 0.230 e. The Morgan fingerprint density at radius 1 is 1.03 bits per heavy atom. The summed E-state index contributed by atoms with van der Waals surface area (Å²) in [5.41, 5.74) is 2.54. The number of halogens is 1. The minimum absolute atomic E-state index is 0.156. The maximum absolute atomic E-state index is 13.0. The third kappa shape index (κ3) is 5.75. The predicted molar refractivity (Wildman–Crippen MR) is 125 cm³/mol. The van der Waals surface area contributed by atoms with Gasteiger partial charge in [0.1, 0.15) is 11.6 Å². The van der Waals surface area contributed by atoms with Crippen molar-refractivity contribution in [1.82, 2.24) is 25.1 Å². The highest BCUT2D eigenvalue weighted by atomic mass is 32.2. The first kappa shape index (κ1) is 22.5. The summed E-state index contributed by atoms with van der Waals surface area (Å²) < 4.78 is 20.5. The van der Waals surface area contributed by atoms with E-state index in [-0.39, 0.29) is 17.5 Å². The fraction of sp³-hybridized carbons (Fsp3) is 0.167. The average Bonchev–Trinajstić information content (AvgIpc) is 3.27. The van der Waals surface area contributed by atoms with E-state index in [0.29, 0.717) is 24.1 Å². The van der Waals surface area contributed by atoms with Gasteiger partial charge in [0.2, 0.25) is 5.91 Å². The van der Waals surface area contributed by atoms with Crippen LogP contribution in [0.2, 0.25) is 0 Å².